The number of rotatable bonds is 6. The van der Waals surface area contributed by atoms with Crippen molar-refractivity contribution in [3.05, 3.63) is 35.4 Å². The van der Waals surface area contributed by atoms with Crippen molar-refractivity contribution in [1.82, 2.24) is 4.31 Å². The topological polar surface area (TPSA) is 59.0 Å². The molecular weight excluding hydrogens is 264 g/mol. The monoisotopic (exact) mass is 284 g/mol. The van der Waals surface area contributed by atoms with Crippen LogP contribution in [-0.4, -0.2) is 44.9 Å². The fourth-order valence-corrected chi connectivity index (χ4v) is 1.75. The lowest BCUT2D eigenvalue weighted by Gasteiger charge is -2.15. The molecule has 0 spiro atoms. The van der Waals surface area contributed by atoms with Crippen molar-refractivity contribution in [2.45, 2.75) is 13.8 Å². The van der Waals surface area contributed by atoms with E-state index >= 15 is 0 Å². The Hall–Kier alpha value is -1.40. The summed E-state index contributed by atoms with van der Waals surface area (Å²) in [6, 6.07) is 7.72. The quantitative estimate of drug-likeness (QED) is 0.589. The van der Waals surface area contributed by atoms with Gasteiger partial charge in [0.1, 0.15) is 12.3 Å². The van der Waals surface area contributed by atoms with Crippen LogP contribution in [-0.2, 0) is 14.9 Å². The highest BCUT2D eigenvalue weighted by molar-refractivity contribution is 7.88. The third-order valence-electron chi connectivity index (χ3n) is 2.63. The maximum absolute atomic E-state index is 11.5. The Labute approximate surface area is 114 Å². The average Bonchev–Trinajstić information content (AvgIpc) is 2.34. The molecule has 106 valence electrons. The van der Waals surface area contributed by atoms with Crippen LogP contribution in [0.25, 0.3) is 0 Å². The van der Waals surface area contributed by atoms with E-state index in [-0.39, 0.29) is 6.54 Å². The van der Waals surface area contributed by atoms with E-state index in [1.165, 1.54) is 17.6 Å². The van der Waals surface area contributed by atoms with Gasteiger partial charge in [0.25, 0.3) is 0 Å². The number of sulfonamides is 1. The Morgan fingerprint density at radius 3 is 2.37 bits per heavy atom. The molecule has 0 aliphatic heterocycles. The average molecular weight is 284 g/mol. The second kappa shape index (κ2) is 6.68. The summed E-state index contributed by atoms with van der Waals surface area (Å²) in [5.74, 6) is 0. The van der Waals surface area contributed by atoms with Crippen LogP contribution in [0.1, 0.15) is 18.1 Å². The molecule has 0 N–H and O–H groups in total. The van der Waals surface area contributed by atoms with Crippen molar-refractivity contribution >= 4 is 15.7 Å². The molecule has 19 heavy (non-hydrogen) atoms. The summed E-state index contributed by atoms with van der Waals surface area (Å²) in [5.41, 5.74) is 2.58. The zero-order valence-corrected chi connectivity index (χ0v) is 12.6. The van der Waals surface area contributed by atoms with E-state index in [1.54, 1.807) is 0 Å². The van der Waals surface area contributed by atoms with Gasteiger partial charge in [0.15, 0.2) is 0 Å². The molecule has 0 unspecified atom stereocenters. The Bertz CT molecular complexity index is 536. The number of hydrogen-bond acceptors (Lipinski definition) is 4. The first kappa shape index (κ1) is 15.7. The first-order valence-electron chi connectivity index (χ1n) is 6.01. The van der Waals surface area contributed by atoms with Crippen molar-refractivity contribution in [2.75, 3.05) is 26.5 Å². The van der Waals surface area contributed by atoms with Crippen LogP contribution in [0.5, 0.6) is 0 Å². The van der Waals surface area contributed by atoms with Gasteiger partial charge in [0.05, 0.1) is 12.8 Å². The molecule has 0 aliphatic carbocycles. The van der Waals surface area contributed by atoms with Crippen LogP contribution < -0.4 is 0 Å². The SMILES string of the molecule is CCON=C(CN(C)S(C)(=O)=O)c1ccc(C)cc1. The highest BCUT2D eigenvalue weighted by Gasteiger charge is 2.15. The van der Waals surface area contributed by atoms with E-state index in [0.29, 0.717) is 12.3 Å². The lowest BCUT2D eigenvalue weighted by molar-refractivity contribution is 0.158. The smallest absolute Gasteiger partial charge is 0.211 e. The summed E-state index contributed by atoms with van der Waals surface area (Å²) in [6.45, 7) is 4.45. The highest BCUT2D eigenvalue weighted by atomic mass is 32.2. The van der Waals surface area contributed by atoms with Crippen LogP contribution in [0.2, 0.25) is 0 Å². The Morgan fingerprint density at radius 1 is 1.32 bits per heavy atom. The van der Waals surface area contributed by atoms with E-state index in [9.17, 15) is 8.42 Å². The van der Waals surface area contributed by atoms with E-state index < -0.39 is 10.0 Å². The molecular formula is C13H20N2O3S. The van der Waals surface area contributed by atoms with Crippen LogP contribution >= 0.6 is 0 Å². The largest absolute Gasteiger partial charge is 0.396 e. The third-order valence-corrected chi connectivity index (χ3v) is 3.89. The number of hydrogen-bond donors (Lipinski definition) is 0. The molecule has 0 saturated carbocycles. The predicted molar refractivity (Wildman–Crippen MR) is 76.8 cm³/mol. The molecule has 6 heteroatoms. The van der Waals surface area contributed by atoms with Gasteiger partial charge in [-0.1, -0.05) is 35.0 Å². The van der Waals surface area contributed by atoms with Crippen LogP contribution in [0.3, 0.4) is 0 Å². The predicted octanol–water partition coefficient (Wildman–Crippen LogP) is 1.63. The summed E-state index contributed by atoms with van der Waals surface area (Å²) in [5, 5.41) is 4.01. The molecule has 0 heterocycles. The Balaban J connectivity index is 2.99. The first-order chi connectivity index (χ1) is 8.84. The zero-order valence-electron chi connectivity index (χ0n) is 11.8. The molecule has 0 radical (unpaired) electrons. The number of benzene rings is 1. The van der Waals surface area contributed by atoms with E-state index in [1.807, 2.05) is 38.1 Å². The number of likely N-dealkylation sites (N-methyl/N-ethyl adjacent to an activating group) is 1. The van der Waals surface area contributed by atoms with Gasteiger partial charge >= 0.3 is 0 Å². The van der Waals surface area contributed by atoms with E-state index in [2.05, 4.69) is 5.16 Å². The standard InChI is InChI=1S/C13H20N2O3S/c1-5-18-14-13(10-15(3)19(4,16)17)12-8-6-11(2)7-9-12/h6-9H,5,10H2,1-4H3. The summed E-state index contributed by atoms with van der Waals surface area (Å²) < 4.78 is 24.2. The lowest BCUT2D eigenvalue weighted by atomic mass is 10.1. The number of aryl methyl sites for hydroxylation is 1. The first-order valence-corrected chi connectivity index (χ1v) is 7.86. The van der Waals surface area contributed by atoms with E-state index in [4.69, 9.17) is 4.84 Å². The number of oxime groups is 1. The summed E-state index contributed by atoms with van der Waals surface area (Å²) in [6.07, 6.45) is 1.17. The van der Waals surface area contributed by atoms with E-state index in [0.717, 1.165) is 11.1 Å². The van der Waals surface area contributed by atoms with Crippen molar-refractivity contribution in [3.63, 3.8) is 0 Å². The molecule has 1 aromatic carbocycles. The summed E-state index contributed by atoms with van der Waals surface area (Å²) in [4.78, 5) is 5.06. The van der Waals surface area contributed by atoms with Gasteiger partial charge in [-0.15, -0.1) is 0 Å². The molecule has 0 atom stereocenters. The molecule has 0 bridgehead atoms. The lowest BCUT2D eigenvalue weighted by Crippen LogP contribution is -2.31. The van der Waals surface area contributed by atoms with Crippen LogP contribution in [0, 0.1) is 6.92 Å². The Kier molecular flexibility index (Phi) is 5.50. The molecule has 0 saturated heterocycles. The van der Waals surface area contributed by atoms with Crippen molar-refractivity contribution in [1.29, 1.82) is 0 Å². The molecule has 0 aliphatic rings. The van der Waals surface area contributed by atoms with Crippen molar-refractivity contribution in [2.24, 2.45) is 5.16 Å². The highest BCUT2D eigenvalue weighted by Crippen LogP contribution is 2.07. The van der Waals surface area contributed by atoms with Crippen LogP contribution in [0.15, 0.2) is 29.4 Å². The van der Waals surface area contributed by atoms with Gasteiger partial charge in [-0.05, 0) is 13.8 Å². The molecule has 1 rings (SSSR count). The molecule has 0 fully saturated rings. The van der Waals surface area contributed by atoms with Gasteiger partial charge in [0.2, 0.25) is 10.0 Å². The maximum Gasteiger partial charge on any atom is 0.211 e. The summed E-state index contributed by atoms with van der Waals surface area (Å²) in [7, 11) is -1.72. The molecule has 0 aromatic heterocycles. The van der Waals surface area contributed by atoms with Gasteiger partial charge < -0.3 is 4.84 Å². The molecule has 1 aromatic rings. The fourth-order valence-electron chi connectivity index (χ4n) is 1.39. The third kappa shape index (κ3) is 5.00. The minimum Gasteiger partial charge on any atom is -0.396 e. The summed E-state index contributed by atoms with van der Waals surface area (Å²) >= 11 is 0. The number of nitrogens with zero attached hydrogens (tertiary/aromatic N) is 2. The maximum atomic E-state index is 11.5. The molecule has 0 amide bonds. The second-order valence-corrected chi connectivity index (χ2v) is 6.43. The minimum atomic E-state index is -3.24. The zero-order chi connectivity index (χ0) is 14.5. The van der Waals surface area contributed by atoms with Gasteiger partial charge in [-0.25, -0.2) is 8.42 Å². The fraction of sp³-hybridized carbons (Fsp3) is 0.462. The van der Waals surface area contributed by atoms with Gasteiger partial charge in [-0.2, -0.15) is 4.31 Å². The second-order valence-electron chi connectivity index (χ2n) is 4.34. The van der Waals surface area contributed by atoms with Gasteiger partial charge in [-0.3, -0.25) is 0 Å². The normalized spacial score (nSPS) is 12.8. The van der Waals surface area contributed by atoms with Gasteiger partial charge in [0, 0.05) is 12.6 Å². The van der Waals surface area contributed by atoms with Crippen molar-refractivity contribution in [3.8, 4) is 0 Å². The van der Waals surface area contributed by atoms with Crippen LogP contribution in [0.4, 0.5) is 0 Å². The van der Waals surface area contributed by atoms with Crippen molar-refractivity contribution < 1.29 is 13.3 Å². The minimum absolute atomic E-state index is 0.182. The Morgan fingerprint density at radius 2 is 1.89 bits per heavy atom. The molecule has 5 nitrogen and oxygen atoms in total.